The number of aromatic amines is 1. The normalized spacial score (nSPS) is 11.3. The number of benzene rings is 3. The lowest BCUT2D eigenvalue weighted by molar-refractivity contribution is 0.837. The molecule has 3 aromatic carbocycles. The minimum Gasteiger partial charge on any atom is -0.343 e. The summed E-state index contributed by atoms with van der Waals surface area (Å²) in [6, 6.07) is 22.3. The molecule has 1 N–H and O–H groups in total. The highest BCUT2D eigenvalue weighted by Gasteiger charge is 2.10. The van der Waals surface area contributed by atoms with E-state index in [1.165, 1.54) is 16.5 Å². The number of H-pyrrole nitrogens is 1. The quantitative estimate of drug-likeness (QED) is 0.339. The van der Waals surface area contributed by atoms with Crippen LogP contribution in [0.15, 0.2) is 82.7 Å². The molecule has 0 saturated heterocycles. The highest BCUT2D eigenvalue weighted by atomic mass is 35.5. The fourth-order valence-corrected chi connectivity index (χ4v) is 4.82. The molecule has 0 aliphatic carbocycles. The van der Waals surface area contributed by atoms with E-state index in [0.29, 0.717) is 15.9 Å². The van der Waals surface area contributed by atoms with Gasteiger partial charge in [0, 0.05) is 44.0 Å². The second kappa shape index (κ2) is 8.14. The molecule has 30 heavy (non-hydrogen) atoms. The predicted molar refractivity (Wildman–Crippen MR) is 121 cm³/mol. The number of aromatic nitrogens is 5. The molecule has 0 radical (unpaired) electrons. The standard InChI is InChI=1S/C22H15Cl2N5S/c23-16-8-9-21(18(24)12-16)30-20-3-1-2-19-17(20)10-11-29(19)13-14-4-6-15(7-5-14)22-25-27-28-26-22/h1-12H,13H2,(H,25,26,27,28). The molecule has 0 atom stereocenters. The van der Waals surface area contributed by atoms with Crippen LogP contribution in [0.4, 0.5) is 0 Å². The van der Waals surface area contributed by atoms with Crippen LogP contribution in [-0.2, 0) is 6.54 Å². The molecule has 2 heterocycles. The summed E-state index contributed by atoms with van der Waals surface area (Å²) < 4.78 is 2.24. The first-order valence-electron chi connectivity index (χ1n) is 9.21. The van der Waals surface area contributed by atoms with Crippen molar-refractivity contribution in [3.63, 3.8) is 0 Å². The average molecular weight is 452 g/mol. The van der Waals surface area contributed by atoms with E-state index in [-0.39, 0.29) is 0 Å². The average Bonchev–Trinajstić information content (AvgIpc) is 3.42. The van der Waals surface area contributed by atoms with Gasteiger partial charge in [-0.3, -0.25) is 0 Å². The number of hydrogen-bond donors (Lipinski definition) is 1. The first-order chi connectivity index (χ1) is 14.7. The first-order valence-corrected chi connectivity index (χ1v) is 10.8. The Labute approximate surface area is 187 Å². The molecule has 0 aliphatic rings. The van der Waals surface area contributed by atoms with Crippen molar-refractivity contribution >= 4 is 45.9 Å². The fourth-order valence-electron chi connectivity index (χ4n) is 3.34. The predicted octanol–water partition coefficient (Wildman–Crippen LogP) is 6.33. The summed E-state index contributed by atoms with van der Waals surface area (Å²) in [6.07, 6.45) is 2.12. The number of fused-ring (bicyclic) bond motifs is 1. The fraction of sp³-hybridized carbons (Fsp3) is 0.0455. The number of rotatable bonds is 5. The molecular weight excluding hydrogens is 437 g/mol. The zero-order chi connectivity index (χ0) is 20.5. The Balaban J connectivity index is 1.42. The van der Waals surface area contributed by atoms with Crippen molar-refractivity contribution in [2.75, 3.05) is 0 Å². The number of nitrogens with zero attached hydrogens (tertiary/aromatic N) is 4. The van der Waals surface area contributed by atoms with Crippen molar-refractivity contribution in [3.05, 3.63) is 88.5 Å². The molecule has 0 saturated carbocycles. The van der Waals surface area contributed by atoms with Crippen LogP contribution in [0.5, 0.6) is 0 Å². The summed E-state index contributed by atoms with van der Waals surface area (Å²) in [5, 5.41) is 16.6. The molecule has 5 aromatic rings. The SMILES string of the molecule is Clc1ccc(Sc2cccc3c2ccn3Cc2ccc(-c3nn[nH]n3)cc2)c(Cl)c1. The lowest BCUT2D eigenvalue weighted by Crippen LogP contribution is -1.97. The smallest absolute Gasteiger partial charge is 0.204 e. The van der Waals surface area contributed by atoms with E-state index in [9.17, 15) is 0 Å². The van der Waals surface area contributed by atoms with Gasteiger partial charge in [0.2, 0.25) is 5.82 Å². The van der Waals surface area contributed by atoms with Crippen molar-refractivity contribution < 1.29 is 0 Å². The van der Waals surface area contributed by atoms with E-state index in [4.69, 9.17) is 23.2 Å². The minimum atomic E-state index is 0.593. The van der Waals surface area contributed by atoms with Gasteiger partial charge >= 0.3 is 0 Å². The number of halogens is 2. The van der Waals surface area contributed by atoms with Gasteiger partial charge in [-0.15, -0.1) is 10.2 Å². The summed E-state index contributed by atoms with van der Waals surface area (Å²) in [6.45, 7) is 0.770. The van der Waals surface area contributed by atoms with Gasteiger partial charge in [-0.05, 0) is 47.2 Å². The zero-order valence-electron chi connectivity index (χ0n) is 15.6. The highest BCUT2D eigenvalue weighted by molar-refractivity contribution is 7.99. The summed E-state index contributed by atoms with van der Waals surface area (Å²) in [5.41, 5.74) is 3.30. The van der Waals surface area contributed by atoms with Crippen LogP contribution in [0.2, 0.25) is 10.0 Å². The maximum Gasteiger partial charge on any atom is 0.204 e. The van der Waals surface area contributed by atoms with Gasteiger partial charge in [-0.1, -0.05) is 65.3 Å². The maximum absolute atomic E-state index is 6.37. The zero-order valence-corrected chi connectivity index (χ0v) is 17.9. The Hall–Kier alpha value is -2.80. The molecule has 0 spiro atoms. The van der Waals surface area contributed by atoms with Crippen molar-refractivity contribution in [2.24, 2.45) is 0 Å². The van der Waals surface area contributed by atoms with E-state index in [2.05, 4.69) is 67.8 Å². The number of nitrogens with one attached hydrogen (secondary N) is 1. The molecule has 8 heteroatoms. The van der Waals surface area contributed by atoms with Crippen LogP contribution in [-0.4, -0.2) is 25.2 Å². The van der Waals surface area contributed by atoms with Crippen molar-refractivity contribution in [2.45, 2.75) is 16.3 Å². The van der Waals surface area contributed by atoms with Gasteiger partial charge in [0.1, 0.15) is 0 Å². The molecule has 5 nitrogen and oxygen atoms in total. The van der Waals surface area contributed by atoms with Gasteiger partial charge in [-0.2, -0.15) is 5.21 Å². The van der Waals surface area contributed by atoms with Crippen molar-refractivity contribution in [1.82, 2.24) is 25.2 Å². The molecule has 148 valence electrons. The van der Waals surface area contributed by atoms with Crippen LogP contribution >= 0.6 is 35.0 Å². The van der Waals surface area contributed by atoms with E-state index < -0.39 is 0 Å². The molecule has 0 aliphatic heterocycles. The van der Waals surface area contributed by atoms with Gasteiger partial charge in [0.05, 0.1) is 5.02 Å². The summed E-state index contributed by atoms with van der Waals surface area (Å²) in [4.78, 5) is 2.14. The summed E-state index contributed by atoms with van der Waals surface area (Å²) in [7, 11) is 0. The Bertz CT molecular complexity index is 1310. The molecule has 2 aromatic heterocycles. The highest BCUT2D eigenvalue weighted by Crippen LogP contribution is 2.38. The molecule has 5 rings (SSSR count). The monoisotopic (exact) mass is 451 g/mol. The van der Waals surface area contributed by atoms with Crippen LogP contribution in [0, 0.1) is 0 Å². The van der Waals surface area contributed by atoms with Crippen LogP contribution in [0.1, 0.15) is 5.56 Å². The molecule has 0 fully saturated rings. The lowest BCUT2D eigenvalue weighted by atomic mass is 10.1. The number of tetrazole rings is 1. The summed E-state index contributed by atoms with van der Waals surface area (Å²) >= 11 is 14.0. The largest absolute Gasteiger partial charge is 0.343 e. The Kier molecular flexibility index (Phi) is 5.21. The topological polar surface area (TPSA) is 59.4 Å². The van der Waals surface area contributed by atoms with Gasteiger partial charge < -0.3 is 4.57 Å². The Morgan fingerprint density at radius 1 is 0.933 bits per heavy atom. The third kappa shape index (κ3) is 3.81. The Morgan fingerprint density at radius 3 is 2.57 bits per heavy atom. The van der Waals surface area contributed by atoms with E-state index in [1.54, 1.807) is 17.8 Å². The third-order valence-electron chi connectivity index (χ3n) is 4.80. The van der Waals surface area contributed by atoms with Gasteiger partial charge in [-0.25, -0.2) is 0 Å². The van der Waals surface area contributed by atoms with Crippen molar-refractivity contribution in [1.29, 1.82) is 0 Å². The van der Waals surface area contributed by atoms with E-state index in [1.807, 2.05) is 24.3 Å². The third-order valence-corrected chi connectivity index (χ3v) is 6.61. The van der Waals surface area contributed by atoms with E-state index in [0.717, 1.165) is 21.9 Å². The Morgan fingerprint density at radius 2 is 1.80 bits per heavy atom. The van der Waals surface area contributed by atoms with Crippen LogP contribution in [0.3, 0.4) is 0 Å². The van der Waals surface area contributed by atoms with Crippen LogP contribution in [0.25, 0.3) is 22.3 Å². The molecule has 0 amide bonds. The lowest BCUT2D eigenvalue weighted by Gasteiger charge is -2.09. The summed E-state index contributed by atoms with van der Waals surface area (Å²) in [5.74, 6) is 0.593. The molecule has 0 bridgehead atoms. The van der Waals surface area contributed by atoms with E-state index >= 15 is 0 Å². The van der Waals surface area contributed by atoms with Crippen LogP contribution < -0.4 is 0 Å². The van der Waals surface area contributed by atoms with Gasteiger partial charge in [0.25, 0.3) is 0 Å². The second-order valence-electron chi connectivity index (χ2n) is 6.74. The first kappa shape index (κ1) is 19.2. The maximum atomic E-state index is 6.37. The molecular formula is C22H15Cl2N5S. The van der Waals surface area contributed by atoms with Crippen molar-refractivity contribution in [3.8, 4) is 11.4 Å². The number of hydrogen-bond acceptors (Lipinski definition) is 4. The molecule has 0 unspecified atom stereocenters. The minimum absolute atomic E-state index is 0.593. The second-order valence-corrected chi connectivity index (χ2v) is 8.67. The van der Waals surface area contributed by atoms with Gasteiger partial charge in [0.15, 0.2) is 0 Å².